The van der Waals surface area contributed by atoms with Crippen molar-refractivity contribution in [3.63, 3.8) is 0 Å². The van der Waals surface area contributed by atoms with Gasteiger partial charge in [-0.05, 0) is 32.9 Å². The van der Waals surface area contributed by atoms with E-state index in [1.165, 1.54) is 12.8 Å². The molecular formula is C12H22N4O2. The third-order valence-corrected chi connectivity index (χ3v) is 3.13. The highest BCUT2D eigenvalue weighted by molar-refractivity contribution is 4.94. The average Bonchev–Trinajstić information content (AvgIpc) is 3.00. The van der Waals surface area contributed by atoms with Crippen LogP contribution in [0.15, 0.2) is 4.52 Å². The zero-order chi connectivity index (χ0) is 12.8. The Balaban J connectivity index is 1.80. The van der Waals surface area contributed by atoms with E-state index in [1.807, 2.05) is 6.92 Å². The minimum absolute atomic E-state index is 0.160. The summed E-state index contributed by atoms with van der Waals surface area (Å²) in [6.45, 7) is 6.34. The molecule has 1 unspecified atom stereocenters. The lowest BCUT2D eigenvalue weighted by atomic mass is 10.3. The molecule has 1 aromatic rings. The van der Waals surface area contributed by atoms with Gasteiger partial charge in [0.2, 0.25) is 5.89 Å². The molecule has 6 nitrogen and oxygen atoms in total. The van der Waals surface area contributed by atoms with Crippen LogP contribution < -0.4 is 5.73 Å². The molecule has 1 aromatic heterocycles. The van der Waals surface area contributed by atoms with E-state index < -0.39 is 0 Å². The van der Waals surface area contributed by atoms with Crippen molar-refractivity contribution in [3.05, 3.63) is 11.7 Å². The van der Waals surface area contributed by atoms with Gasteiger partial charge in [0.15, 0.2) is 5.82 Å². The lowest BCUT2D eigenvalue weighted by molar-refractivity contribution is 0.144. The summed E-state index contributed by atoms with van der Waals surface area (Å²) in [7, 11) is 0. The Morgan fingerprint density at radius 3 is 2.94 bits per heavy atom. The number of nitrogens with zero attached hydrogens (tertiary/aromatic N) is 3. The van der Waals surface area contributed by atoms with E-state index in [4.69, 9.17) is 15.0 Å². The van der Waals surface area contributed by atoms with Crippen molar-refractivity contribution in [3.8, 4) is 0 Å². The predicted octanol–water partition coefficient (Wildman–Crippen LogP) is 0.744. The van der Waals surface area contributed by atoms with E-state index in [1.54, 1.807) is 0 Å². The van der Waals surface area contributed by atoms with E-state index >= 15 is 0 Å². The summed E-state index contributed by atoms with van der Waals surface area (Å²) in [6, 6.07) is -0.160. The van der Waals surface area contributed by atoms with E-state index in [9.17, 15) is 0 Å². The van der Waals surface area contributed by atoms with Crippen LogP contribution >= 0.6 is 0 Å². The van der Waals surface area contributed by atoms with Gasteiger partial charge in [0.05, 0.1) is 19.1 Å². The van der Waals surface area contributed by atoms with Gasteiger partial charge < -0.3 is 19.9 Å². The molecule has 0 aliphatic carbocycles. The Bertz CT molecular complexity index is 350. The quantitative estimate of drug-likeness (QED) is 0.723. The van der Waals surface area contributed by atoms with Crippen molar-refractivity contribution in [1.29, 1.82) is 0 Å². The molecule has 0 spiro atoms. The molecule has 0 aromatic carbocycles. The molecule has 1 saturated heterocycles. The van der Waals surface area contributed by atoms with Gasteiger partial charge in [0, 0.05) is 13.2 Å². The van der Waals surface area contributed by atoms with Crippen LogP contribution in [-0.2, 0) is 11.2 Å². The highest BCUT2D eigenvalue weighted by Crippen LogP contribution is 2.13. The van der Waals surface area contributed by atoms with Crippen LogP contribution in [0.2, 0.25) is 0 Å². The molecule has 102 valence electrons. The predicted molar refractivity (Wildman–Crippen MR) is 67.1 cm³/mol. The summed E-state index contributed by atoms with van der Waals surface area (Å²) >= 11 is 0. The van der Waals surface area contributed by atoms with Gasteiger partial charge in [-0.3, -0.25) is 0 Å². The molecule has 2 heterocycles. The van der Waals surface area contributed by atoms with Crippen molar-refractivity contribution in [2.45, 2.75) is 32.2 Å². The van der Waals surface area contributed by atoms with Crippen LogP contribution in [0.1, 0.15) is 37.5 Å². The summed E-state index contributed by atoms with van der Waals surface area (Å²) < 4.78 is 10.4. The zero-order valence-corrected chi connectivity index (χ0v) is 11.0. The Morgan fingerprint density at radius 2 is 2.22 bits per heavy atom. The van der Waals surface area contributed by atoms with Crippen LogP contribution in [0.4, 0.5) is 0 Å². The van der Waals surface area contributed by atoms with Crippen molar-refractivity contribution >= 4 is 0 Å². The second-order valence-corrected chi connectivity index (χ2v) is 4.61. The molecule has 1 fully saturated rings. The first kappa shape index (κ1) is 13.5. The highest BCUT2D eigenvalue weighted by atomic mass is 16.5. The van der Waals surface area contributed by atoms with Crippen molar-refractivity contribution in [1.82, 2.24) is 15.0 Å². The molecule has 1 atom stereocenters. The topological polar surface area (TPSA) is 77.4 Å². The molecule has 6 heteroatoms. The van der Waals surface area contributed by atoms with Crippen molar-refractivity contribution in [2.24, 2.45) is 5.73 Å². The highest BCUT2D eigenvalue weighted by Gasteiger charge is 2.19. The fraction of sp³-hybridized carbons (Fsp3) is 0.833. The third-order valence-electron chi connectivity index (χ3n) is 3.13. The van der Waals surface area contributed by atoms with Gasteiger partial charge in [-0.2, -0.15) is 4.98 Å². The standard InChI is InChI=1S/C12H22N4O2/c1-2-17-8-5-11-14-12(15-18-11)10(13)9-16-6-3-4-7-16/h10H,2-9,13H2,1H3. The monoisotopic (exact) mass is 254 g/mol. The smallest absolute Gasteiger partial charge is 0.229 e. The SMILES string of the molecule is CCOCCc1nc(C(N)CN2CCCC2)no1. The van der Waals surface area contributed by atoms with Crippen LogP contribution in [0.25, 0.3) is 0 Å². The number of hydrogen-bond acceptors (Lipinski definition) is 6. The van der Waals surface area contributed by atoms with E-state index in [2.05, 4.69) is 15.0 Å². The Hall–Kier alpha value is -0.980. The van der Waals surface area contributed by atoms with Gasteiger partial charge >= 0.3 is 0 Å². The second-order valence-electron chi connectivity index (χ2n) is 4.61. The van der Waals surface area contributed by atoms with Gasteiger partial charge in [-0.1, -0.05) is 5.16 Å². The van der Waals surface area contributed by atoms with Crippen LogP contribution in [0, 0.1) is 0 Å². The van der Waals surface area contributed by atoms with Crippen LogP contribution in [-0.4, -0.2) is 47.9 Å². The normalized spacial score (nSPS) is 18.3. The van der Waals surface area contributed by atoms with E-state index in [0.717, 1.165) is 19.6 Å². The third kappa shape index (κ3) is 3.76. The van der Waals surface area contributed by atoms with E-state index in [0.29, 0.717) is 31.3 Å². The molecular weight excluding hydrogens is 232 g/mol. The van der Waals surface area contributed by atoms with Gasteiger partial charge in [-0.25, -0.2) is 0 Å². The maximum atomic E-state index is 6.09. The molecule has 2 rings (SSSR count). The average molecular weight is 254 g/mol. The lowest BCUT2D eigenvalue weighted by Crippen LogP contribution is -2.30. The molecule has 0 amide bonds. The lowest BCUT2D eigenvalue weighted by Gasteiger charge is -2.17. The first-order valence-electron chi connectivity index (χ1n) is 6.67. The minimum atomic E-state index is -0.160. The van der Waals surface area contributed by atoms with Crippen LogP contribution in [0.5, 0.6) is 0 Å². The van der Waals surface area contributed by atoms with Gasteiger partial charge in [0.25, 0.3) is 0 Å². The van der Waals surface area contributed by atoms with Gasteiger partial charge in [0.1, 0.15) is 0 Å². The number of likely N-dealkylation sites (tertiary alicyclic amines) is 1. The minimum Gasteiger partial charge on any atom is -0.381 e. The van der Waals surface area contributed by atoms with Crippen molar-refractivity contribution < 1.29 is 9.26 Å². The van der Waals surface area contributed by atoms with Crippen LogP contribution in [0.3, 0.4) is 0 Å². The molecule has 0 bridgehead atoms. The maximum Gasteiger partial charge on any atom is 0.229 e. The summed E-state index contributed by atoms with van der Waals surface area (Å²) in [6.07, 6.45) is 3.18. The zero-order valence-electron chi connectivity index (χ0n) is 11.0. The maximum absolute atomic E-state index is 6.09. The van der Waals surface area contributed by atoms with Crippen molar-refractivity contribution in [2.75, 3.05) is 32.8 Å². The number of aromatic nitrogens is 2. The Kier molecular flexibility index (Phi) is 5.10. The molecule has 1 aliphatic heterocycles. The first-order valence-corrected chi connectivity index (χ1v) is 6.67. The second kappa shape index (κ2) is 6.82. The first-order chi connectivity index (χ1) is 8.79. The van der Waals surface area contributed by atoms with E-state index in [-0.39, 0.29) is 6.04 Å². The fourth-order valence-electron chi connectivity index (χ4n) is 2.15. The largest absolute Gasteiger partial charge is 0.381 e. The molecule has 1 aliphatic rings. The number of rotatable bonds is 7. The van der Waals surface area contributed by atoms with Gasteiger partial charge in [-0.15, -0.1) is 0 Å². The molecule has 2 N–H and O–H groups in total. The fourth-order valence-corrected chi connectivity index (χ4v) is 2.15. The number of nitrogens with two attached hydrogens (primary N) is 1. The number of hydrogen-bond donors (Lipinski definition) is 1. The molecule has 18 heavy (non-hydrogen) atoms. The Morgan fingerprint density at radius 1 is 1.44 bits per heavy atom. The summed E-state index contributed by atoms with van der Waals surface area (Å²) in [5.74, 6) is 1.21. The Labute approximate surface area is 107 Å². The molecule has 0 radical (unpaired) electrons. The molecule has 0 saturated carbocycles. The summed E-state index contributed by atoms with van der Waals surface area (Å²) in [5, 5.41) is 3.94. The number of ether oxygens (including phenoxy) is 1. The summed E-state index contributed by atoms with van der Waals surface area (Å²) in [5.41, 5.74) is 6.09. The summed E-state index contributed by atoms with van der Waals surface area (Å²) in [4.78, 5) is 6.66.